The third-order valence-corrected chi connectivity index (χ3v) is 4.21. The molecule has 0 spiro atoms. The van der Waals surface area contributed by atoms with Crippen LogP contribution in [-0.4, -0.2) is 42.6 Å². The second kappa shape index (κ2) is 6.41. The van der Waals surface area contributed by atoms with Gasteiger partial charge in [-0.3, -0.25) is 4.79 Å². The van der Waals surface area contributed by atoms with Crippen molar-refractivity contribution in [1.29, 1.82) is 0 Å². The highest BCUT2D eigenvalue weighted by Gasteiger charge is 2.09. The van der Waals surface area contributed by atoms with Gasteiger partial charge in [-0.2, -0.15) is 0 Å². The van der Waals surface area contributed by atoms with Crippen LogP contribution in [-0.2, 0) is 6.42 Å². The Balaban J connectivity index is 1.67. The van der Waals surface area contributed by atoms with Gasteiger partial charge in [0.1, 0.15) is 0 Å². The quantitative estimate of drug-likeness (QED) is 0.898. The molecule has 21 heavy (non-hydrogen) atoms. The van der Waals surface area contributed by atoms with Gasteiger partial charge < -0.3 is 15.2 Å². The number of fused-ring (bicyclic) bond motifs is 1. The van der Waals surface area contributed by atoms with E-state index < -0.39 is 0 Å². The zero-order valence-electron chi connectivity index (χ0n) is 12.6. The van der Waals surface area contributed by atoms with Crippen molar-refractivity contribution >= 4 is 10.9 Å². The maximum atomic E-state index is 12.1. The van der Waals surface area contributed by atoms with Crippen molar-refractivity contribution in [3.8, 4) is 0 Å². The lowest BCUT2D eigenvalue weighted by Crippen LogP contribution is -2.43. The molecule has 1 aromatic heterocycles. The molecule has 4 heteroatoms. The van der Waals surface area contributed by atoms with Crippen molar-refractivity contribution in [3.05, 3.63) is 45.7 Å². The van der Waals surface area contributed by atoms with Crippen LogP contribution in [0, 0.1) is 6.92 Å². The van der Waals surface area contributed by atoms with Crippen molar-refractivity contribution in [2.75, 3.05) is 32.7 Å². The number of hydrogen-bond acceptors (Lipinski definition) is 3. The van der Waals surface area contributed by atoms with Crippen LogP contribution in [0.3, 0.4) is 0 Å². The van der Waals surface area contributed by atoms with Crippen molar-refractivity contribution in [1.82, 2.24) is 15.2 Å². The number of H-pyrrole nitrogens is 1. The van der Waals surface area contributed by atoms with Crippen LogP contribution in [0.25, 0.3) is 10.9 Å². The smallest absolute Gasteiger partial charge is 0.251 e. The maximum Gasteiger partial charge on any atom is 0.251 e. The molecule has 0 saturated carbocycles. The van der Waals surface area contributed by atoms with Gasteiger partial charge in [0.25, 0.3) is 5.56 Å². The number of benzene rings is 1. The van der Waals surface area contributed by atoms with Crippen LogP contribution in [0.2, 0.25) is 0 Å². The summed E-state index contributed by atoms with van der Waals surface area (Å²) in [6, 6.07) is 8.25. The van der Waals surface area contributed by atoms with Crippen molar-refractivity contribution in [2.45, 2.75) is 19.8 Å². The Bertz CT molecular complexity index is 671. The number of piperazine rings is 1. The Kier molecular flexibility index (Phi) is 4.36. The molecule has 2 heterocycles. The standard InChI is InChI=1S/C17H23N3O/c1-13-4-5-14-12-15(17(21)19-16(14)11-13)3-2-8-20-9-6-18-7-10-20/h4-5,11-12,18H,2-3,6-10H2,1H3,(H,19,21). The molecule has 1 aromatic carbocycles. The molecular formula is C17H23N3O. The highest BCUT2D eigenvalue weighted by molar-refractivity contribution is 5.79. The van der Waals surface area contributed by atoms with Crippen LogP contribution < -0.4 is 10.9 Å². The fraction of sp³-hybridized carbons (Fsp3) is 0.471. The van der Waals surface area contributed by atoms with Crippen LogP contribution in [0.1, 0.15) is 17.5 Å². The largest absolute Gasteiger partial charge is 0.322 e. The van der Waals surface area contributed by atoms with Crippen LogP contribution in [0.15, 0.2) is 29.1 Å². The second-order valence-electron chi connectivity index (χ2n) is 5.91. The number of pyridine rings is 1. The van der Waals surface area contributed by atoms with Crippen molar-refractivity contribution in [2.24, 2.45) is 0 Å². The Morgan fingerprint density at radius 2 is 2.00 bits per heavy atom. The number of aromatic nitrogens is 1. The molecule has 0 radical (unpaired) electrons. The molecule has 112 valence electrons. The SMILES string of the molecule is Cc1ccc2cc(CCCN3CCNCC3)c(=O)[nH]c2c1. The van der Waals surface area contributed by atoms with Crippen molar-refractivity contribution < 1.29 is 0 Å². The maximum absolute atomic E-state index is 12.1. The summed E-state index contributed by atoms with van der Waals surface area (Å²) >= 11 is 0. The van der Waals surface area contributed by atoms with Gasteiger partial charge in [0, 0.05) is 37.3 Å². The number of hydrogen-bond donors (Lipinski definition) is 2. The van der Waals surface area contributed by atoms with E-state index in [1.54, 1.807) is 0 Å². The monoisotopic (exact) mass is 285 g/mol. The van der Waals surface area contributed by atoms with E-state index in [0.29, 0.717) is 0 Å². The number of nitrogens with zero attached hydrogens (tertiary/aromatic N) is 1. The fourth-order valence-electron chi connectivity index (χ4n) is 2.97. The van der Waals surface area contributed by atoms with Gasteiger partial charge >= 0.3 is 0 Å². The molecule has 2 N–H and O–H groups in total. The van der Waals surface area contributed by atoms with E-state index in [-0.39, 0.29) is 5.56 Å². The summed E-state index contributed by atoms with van der Waals surface area (Å²) in [6.07, 6.45) is 1.89. The topological polar surface area (TPSA) is 48.1 Å². The van der Waals surface area contributed by atoms with Gasteiger partial charge in [-0.1, -0.05) is 12.1 Å². The Morgan fingerprint density at radius 3 is 2.81 bits per heavy atom. The molecular weight excluding hydrogens is 262 g/mol. The molecule has 0 bridgehead atoms. The molecule has 0 amide bonds. The molecule has 1 aliphatic heterocycles. The fourth-order valence-corrected chi connectivity index (χ4v) is 2.97. The van der Waals surface area contributed by atoms with Gasteiger partial charge in [-0.25, -0.2) is 0 Å². The minimum Gasteiger partial charge on any atom is -0.322 e. The minimum atomic E-state index is 0.0633. The summed E-state index contributed by atoms with van der Waals surface area (Å²) in [4.78, 5) is 17.6. The summed E-state index contributed by atoms with van der Waals surface area (Å²) in [5.41, 5.74) is 3.07. The Hall–Kier alpha value is -1.65. The molecule has 0 atom stereocenters. The third kappa shape index (κ3) is 3.52. The van der Waals surface area contributed by atoms with Crippen LogP contribution in [0.4, 0.5) is 0 Å². The average Bonchev–Trinajstić information content (AvgIpc) is 2.49. The lowest BCUT2D eigenvalue weighted by atomic mass is 10.1. The van der Waals surface area contributed by atoms with E-state index in [1.807, 2.05) is 19.1 Å². The summed E-state index contributed by atoms with van der Waals surface area (Å²) < 4.78 is 0. The summed E-state index contributed by atoms with van der Waals surface area (Å²) in [5, 5.41) is 4.48. The zero-order valence-corrected chi connectivity index (χ0v) is 12.6. The van der Waals surface area contributed by atoms with Gasteiger partial charge in [-0.15, -0.1) is 0 Å². The Labute approximate surface area is 125 Å². The lowest BCUT2D eigenvalue weighted by Gasteiger charge is -2.26. The van der Waals surface area contributed by atoms with Crippen LogP contribution in [0.5, 0.6) is 0 Å². The van der Waals surface area contributed by atoms with E-state index in [0.717, 1.165) is 62.0 Å². The van der Waals surface area contributed by atoms with Gasteiger partial charge in [0.05, 0.1) is 0 Å². The first kappa shape index (κ1) is 14.3. The number of nitrogens with one attached hydrogen (secondary N) is 2. The summed E-state index contributed by atoms with van der Waals surface area (Å²) in [6.45, 7) is 7.51. The first-order chi connectivity index (χ1) is 10.2. The third-order valence-electron chi connectivity index (χ3n) is 4.21. The molecule has 4 nitrogen and oxygen atoms in total. The van der Waals surface area contributed by atoms with Gasteiger partial charge in [0.15, 0.2) is 0 Å². The second-order valence-corrected chi connectivity index (χ2v) is 5.91. The van der Waals surface area contributed by atoms with E-state index in [4.69, 9.17) is 0 Å². The van der Waals surface area contributed by atoms with E-state index in [9.17, 15) is 4.79 Å². The first-order valence-electron chi connectivity index (χ1n) is 7.78. The molecule has 0 aliphatic carbocycles. The normalized spacial score (nSPS) is 16.4. The van der Waals surface area contributed by atoms with Crippen LogP contribution >= 0.6 is 0 Å². The summed E-state index contributed by atoms with van der Waals surface area (Å²) in [7, 11) is 0. The van der Waals surface area contributed by atoms with Gasteiger partial charge in [-0.05, 0) is 49.4 Å². The molecule has 1 fully saturated rings. The Morgan fingerprint density at radius 1 is 1.19 bits per heavy atom. The highest BCUT2D eigenvalue weighted by Crippen LogP contribution is 2.13. The lowest BCUT2D eigenvalue weighted by molar-refractivity contribution is 0.238. The average molecular weight is 285 g/mol. The molecule has 1 saturated heterocycles. The first-order valence-corrected chi connectivity index (χ1v) is 7.78. The number of aromatic amines is 1. The number of aryl methyl sites for hydroxylation is 2. The zero-order chi connectivity index (χ0) is 14.7. The minimum absolute atomic E-state index is 0.0633. The molecule has 1 aliphatic rings. The van der Waals surface area contributed by atoms with Crippen molar-refractivity contribution in [3.63, 3.8) is 0 Å². The molecule has 0 unspecified atom stereocenters. The van der Waals surface area contributed by atoms with E-state index >= 15 is 0 Å². The predicted molar refractivity (Wildman–Crippen MR) is 86.9 cm³/mol. The molecule has 2 aromatic rings. The predicted octanol–water partition coefficient (Wildman–Crippen LogP) is 1.67. The number of rotatable bonds is 4. The van der Waals surface area contributed by atoms with Gasteiger partial charge in [0.2, 0.25) is 0 Å². The summed E-state index contributed by atoms with van der Waals surface area (Å²) in [5.74, 6) is 0. The highest BCUT2D eigenvalue weighted by atomic mass is 16.1. The van der Waals surface area contributed by atoms with E-state index in [2.05, 4.69) is 27.3 Å². The molecule has 3 rings (SSSR count). The van der Waals surface area contributed by atoms with E-state index in [1.165, 1.54) is 5.56 Å².